The van der Waals surface area contributed by atoms with Crippen molar-refractivity contribution >= 4 is 5.91 Å². The van der Waals surface area contributed by atoms with Crippen LogP contribution in [0.15, 0.2) is 36.4 Å². The Morgan fingerprint density at radius 1 is 1.11 bits per heavy atom. The van der Waals surface area contributed by atoms with E-state index in [1.165, 1.54) is 0 Å². The molecule has 0 spiro atoms. The number of rotatable bonds is 3. The van der Waals surface area contributed by atoms with Gasteiger partial charge in [0.1, 0.15) is 17.7 Å². The second kappa shape index (κ2) is 7.09. The van der Waals surface area contributed by atoms with Crippen LogP contribution in [-0.4, -0.2) is 18.6 Å². The average Bonchev–Trinajstić information content (AvgIpc) is 3.01. The molecule has 2 atom stereocenters. The first-order chi connectivity index (χ1) is 13.3. The van der Waals surface area contributed by atoms with Crippen molar-refractivity contribution in [1.29, 1.82) is 0 Å². The van der Waals surface area contributed by atoms with E-state index in [1.807, 2.05) is 12.1 Å². The number of amides is 1. The lowest BCUT2D eigenvalue weighted by Crippen LogP contribution is -2.37. The number of ether oxygens (including phenoxy) is 1. The lowest BCUT2D eigenvalue weighted by atomic mass is 9.93. The van der Waals surface area contributed by atoms with E-state index in [-0.39, 0.29) is 23.8 Å². The second-order valence-electron chi connectivity index (χ2n) is 7.04. The first-order valence-electron chi connectivity index (χ1n) is 8.98. The van der Waals surface area contributed by atoms with Crippen LogP contribution < -0.4 is 15.4 Å². The van der Waals surface area contributed by atoms with Crippen LogP contribution in [0.1, 0.15) is 45.9 Å². The Labute approximate surface area is 158 Å². The van der Waals surface area contributed by atoms with E-state index < -0.39 is 17.6 Å². The smallest absolute Gasteiger partial charge is 0.416 e. The summed E-state index contributed by atoms with van der Waals surface area (Å²) >= 11 is 0. The first-order valence-corrected chi connectivity index (χ1v) is 8.98. The molecule has 2 aromatic rings. The molecule has 2 aromatic carbocycles. The molecule has 1 amide bonds. The first kappa shape index (κ1) is 18.7. The van der Waals surface area contributed by atoms with E-state index >= 15 is 0 Å². The average molecular weight is 394 g/mol. The maximum Gasteiger partial charge on any atom is 0.416 e. The van der Waals surface area contributed by atoms with Crippen molar-refractivity contribution < 1.29 is 27.1 Å². The van der Waals surface area contributed by atoms with Crippen molar-refractivity contribution in [2.24, 2.45) is 0 Å². The highest BCUT2D eigenvalue weighted by Gasteiger charge is 2.32. The molecule has 28 heavy (non-hydrogen) atoms. The van der Waals surface area contributed by atoms with Crippen molar-refractivity contribution in [3.63, 3.8) is 0 Å². The third-order valence-electron chi connectivity index (χ3n) is 5.07. The van der Waals surface area contributed by atoms with Gasteiger partial charge in [-0.25, -0.2) is 4.39 Å². The molecule has 148 valence electrons. The summed E-state index contributed by atoms with van der Waals surface area (Å²) < 4.78 is 57.9. The van der Waals surface area contributed by atoms with E-state index in [9.17, 15) is 22.4 Å². The van der Waals surface area contributed by atoms with Gasteiger partial charge in [-0.05, 0) is 42.3 Å². The maximum absolute atomic E-state index is 13.6. The minimum absolute atomic E-state index is 0.0598. The van der Waals surface area contributed by atoms with Gasteiger partial charge in [0.15, 0.2) is 0 Å². The van der Waals surface area contributed by atoms with Gasteiger partial charge in [-0.3, -0.25) is 4.79 Å². The second-order valence-corrected chi connectivity index (χ2v) is 7.04. The summed E-state index contributed by atoms with van der Waals surface area (Å²) in [6.45, 7) is 1.10. The van der Waals surface area contributed by atoms with Crippen LogP contribution in [0.5, 0.6) is 5.75 Å². The number of carbonyl (C=O) groups is 1. The third-order valence-corrected chi connectivity index (χ3v) is 5.07. The van der Waals surface area contributed by atoms with E-state index in [0.717, 1.165) is 23.3 Å². The van der Waals surface area contributed by atoms with Gasteiger partial charge in [0.2, 0.25) is 0 Å². The highest BCUT2D eigenvalue weighted by Crippen LogP contribution is 2.34. The predicted octanol–water partition coefficient (Wildman–Crippen LogP) is 3.96. The van der Waals surface area contributed by atoms with Gasteiger partial charge in [0, 0.05) is 30.6 Å². The molecule has 2 aliphatic rings. The Morgan fingerprint density at radius 2 is 1.93 bits per heavy atom. The summed E-state index contributed by atoms with van der Waals surface area (Å²) in [6.07, 6.45) is -3.86. The molecular weight excluding hydrogens is 376 g/mol. The molecule has 2 N–H and O–H groups in total. The Morgan fingerprint density at radius 3 is 2.71 bits per heavy atom. The van der Waals surface area contributed by atoms with Gasteiger partial charge in [0.05, 0.1) is 5.56 Å². The number of carbonyl (C=O) groups excluding carboxylic acids is 1. The van der Waals surface area contributed by atoms with Crippen molar-refractivity contribution in [3.8, 4) is 5.75 Å². The summed E-state index contributed by atoms with van der Waals surface area (Å²) in [5, 5.41) is 6.13. The van der Waals surface area contributed by atoms with Crippen molar-refractivity contribution in [2.75, 3.05) is 6.54 Å². The van der Waals surface area contributed by atoms with E-state index in [1.54, 1.807) is 6.07 Å². The number of hydrogen-bond acceptors (Lipinski definition) is 3. The van der Waals surface area contributed by atoms with Crippen LogP contribution in [0.3, 0.4) is 0 Å². The van der Waals surface area contributed by atoms with Gasteiger partial charge < -0.3 is 15.4 Å². The number of benzene rings is 2. The van der Waals surface area contributed by atoms with Crippen LogP contribution in [0, 0.1) is 5.82 Å². The number of nitrogens with one attached hydrogen (secondary N) is 2. The third kappa shape index (κ3) is 3.82. The van der Waals surface area contributed by atoms with Crippen LogP contribution in [0.4, 0.5) is 17.6 Å². The maximum atomic E-state index is 13.6. The highest BCUT2D eigenvalue weighted by atomic mass is 19.4. The van der Waals surface area contributed by atoms with Crippen LogP contribution in [0.2, 0.25) is 0 Å². The van der Waals surface area contributed by atoms with Crippen molar-refractivity contribution in [1.82, 2.24) is 10.6 Å². The number of alkyl halides is 3. The predicted molar refractivity (Wildman–Crippen MR) is 93.4 cm³/mol. The molecule has 1 fully saturated rings. The van der Waals surface area contributed by atoms with Crippen molar-refractivity contribution in [2.45, 2.75) is 37.7 Å². The molecule has 2 aliphatic heterocycles. The van der Waals surface area contributed by atoms with Crippen LogP contribution in [0.25, 0.3) is 0 Å². The minimum atomic E-state index is -4.63. The SMILES string of the molecule is O=C1NCc2cc(C3CC(Oc4cc(F)cc(C(F)(F)F)c4)CCN3)ccc21. The summed E-state index contributed by atoms with van der Waals surface area (Å²) in [6, 6.07) is 7.80. The lowest BCUT2D eigenvalue weighted by molar-refractivity contribution is -0.137. The number of piperidine rings is 1. The molecule has 0 bridgehead atoms. The number of hydrogen-bond donors (Lipinski definition) is 2. The van der Waals surface area contributed by atoms with Gasteiger partial charge >= 0.3 is 6.18 Å². The largest absolute Gasteiger partial charge is 0.490 e. The van der Waals surface area contributed by atoms with E-state index in [4.69, 9.17) is 4.74 Å². The molecule has 4 rings (SSSR count). The Kier molecular flexibility index (Phi) is 4.74. The molecule has 0 saturated carbocycles. The molecule has 2 heterocycles. The van der Waals surface area contributed by atoms with Crippen LogP contribution >= 0.6 is 0 Å². The number of fused-ring (bicyclic) bond motifs is 1. The lowest BCUT2D eigenvalue weighted by Gasteiger charge is -2.31. The molecule has 2 unspecified atom stereocenters. The van der Waals surface area contributed by atoms with Crippen LogP contribution in [-0.2, 0) is 12.7 Å². The zero-order valence-corrected chi connectivity index (χ0v) is 14.8. The summed E-state index contributed by atoms with van der Waals surface area (Å²) in [5.41, 5.74) is 1.50. The monoisotopic (exact) mass is 394 g/mol. The fourth-order valence-corrected chi connectivity index (χ4v) is 3.70. The minimum Gasteiger partial charge on any atom is -0.490 e. The summed E-state index contributed by atoms with van der Waals surface area (Å²) in [7, 11) is 0. The molecule has 0 aliphatic carbocycles. The molecule has 4 nitrogen and oxygen atoms in total. The molecule has 0 radical (unpaired) electrons. The zero-order valence-electron chi connectivity index (χ0n) is 14.8. The molecular formula is C20H18F4N2O2. The molecule has 1 saturated heterocycles. The van der Waals surface area contributed by atoms with E-state index in [0.29, 0.717) is 37.6 Å². The normalized spacial score (nSPS) is 21.9. The van der Waals surface area contributed by atoms with Gasteiger partial charge in [0.25, 0.3) is 5.91 Å². The molecule has 8 heteroatoms. The van der Waals surface area contributed by atoms with Gasteiger partial charge in [-0.15, -0.1) is 0 Å². The Balaban J connectivity index is 1.49. The number of halogens is 4. The Bertz CT molecular complexity index is 914. The summed E-state index contributed by atoms with van der Waals surface area (Å²) in [4.78, 5) is 11.7. The highest BCUT2D eigenvalue weighted by molar-refractivity contribution is 5.98. The molecule has 0 aromatic heterocycles. The zero-order chi connectivity index (χ0) is 19.9. The Hall–Kier alpha value is -2.61. The fourth-order valence-electron chi connectivity index (χ4n) is 3.70. The standard InChI is InChI=1S/C20H18F4N2O2/c21-14-6-13(20(22,23)24)7-16(8-14)28-15-3-4-25-18(9-15)11-1-2-17-12(5-11)10-26-19(17)27/h1-2,5-8,15,18,25H,3-4,9-10H2,(H,26,27). The fraction of sp³-hybridized carbons (Fsp3) is 0.350. The summed E-state index contributed by atoms with van der Waals surface area (Å²) in [5.74, 6) is -1.20. The van der Waals surface area contributed by atoms with Gasteiger partial charge in [-0.1, -0.05) is 12.1 Å². The van der Waals surface area contributed by atoms with Crippen molar-refractivity contribution in [3.05, 3.63) is 64.5 Å². The quantitative estimate of drug-likeness (QED) is 0.775. The van der Waals surface area contributed by atoms with E-state index in [2.05, 4.69) is 10.6 Å². The topological polar surface area (TPSA) is 50.4 Å². The van der Waals surface area contributed by atoms with Gasteiger partial charge in [-0.2, -0.15) is 13.2 Å².